The van der Waals surface area contributed by atoms with Crippen molar-refractivity contribution < 1.29 is 4.42 Å². The van der Waals surface area contributed by atoms with E-state index in [0.29, 0.717) is 5.89 Å². The molecule has 0 radical (unpaired) electrons. The number of aromatic nitrogens is 1. The lowest BCUT2D eigenvalue weighted by Gasteiger charge is -2.05. The Labute approximate surface area is 98.9 Å². The van der Waals surface area contributed by atoms with Crippen LogP contribution in [-0.2, 0) is 0 Å². The van der Waals surface area contributed by atoms with Gasteiger partial charge in [-0.3, -0.25) is 0 Å². The number of nitrogens with zero attached hydrogens (tertiary/aromatic N) is 1. The van der Waals surface area contributed by atoms with Crippen molar-refractivity contribution >= 4 is 16.5 Å². The van der Waals surface area contributed by atoms with Crippen LogP contribution in [0.2, 0.25) is 0 Å². The van der Waals surface area contributed by atoms with E-state index in [4.69, 9.17) is 10.2 Å². The highest BCUT2D eigenvalue weighted by atomic mass is 16.4. The number of fused-ring (bicyclic) bond motifs is 1. The van der Waals surface area contributed by atoms with Crippen LogP contribution in [-0.4, -0.2) is 4.98 Å². The molecule has 2 aromatic carbocycles. The van der Waals surface area contributed by atoms with Crippen LogP contribution in [0.4, 0.5) is 5.69 Å². The largest absolute Gasteiger partial charge is 0.441 e. The van der Waals surface area contributed by atoms with Crippen molar-refractivity contribution in [2.75, 3.05) is 5.73 Å². The van der Waals surface area contributed by atoms with E-state index < -0.39 is 0 Å². The van der Waals surface area contributed by atoms with Crippen LogP contribution in [0.3, 0.4) is 0 Å². The molecule has 3 rings (SSSR count). The van der Waals surface area contributed by atoms with Crippen molar-refractivity contribution in [1.29, 1.82) is 0 Å². The van der Waals surface area contributed by atoms with E-state index >= 15 is 0 Å². The van der Waals surface area contributed by atoms with E-state index in [1.807, 2.05) is 43.3 Å². The minimum atomic E-state index is 0.668. The molecule has 0 spiro atoms. The van der Waals surface area contributed by atoms with Crippen molar-refractivity contribution in [3.05, 3.63) is 48.5 Å². The quantitative estimate of drug-likeness (QED) is 0.644. The van der Waals surface area contributed by atoms with Gasteiger partial charge in [-0.1, -0.05) is 30.3 Å². The van der Waals surface area contributed by atoms with Gasteiger partial charge in [-0.25, -0.2) is 4.98 Å². The van der Waals surface area contributed by atoms with Crippen molar-refractivity contribution in [3.63, 3.8) is 0 Å². The van der Waals surface area contributed by atoms with Gasteiger partial charge < -0.3 is 10.2 Å². The van der Waals surface area contributed by atoms with Gasteiger partial charge in [-0.2, -0.15) is 0 Å². The fourth-order valence-corrected chi connectivity index (χ4v) is 2.04. The molecule has 1 aromatic heterocycles. The average molecular weight is 224 g/mol. The number of hydrogen-bond donors (Lipinski definition) is 1. The summed E-state index contributed by atoms with van der Waals surface area (Å²) in [5.74, 6) is 1.44. The zero-order valence-electron chi connectivity index (χ0n) is 9.47. The third kappa shape index (κ3) is 1.56. The molecule has 0 bridgehead atoms. The summed E-state index contributed by atoms with van der Waals surface area (Å²) in [5, 5.41) is 2.13. The van der Waals surface area contributed by atoms with Gasteiger partial charge in [0.05, 0.1) is 6.20 Å². The van der Waals surface area contributed by atoms with Gasteiger partial charge in [0, 0.05) is 23.6 Å². The first-order chi connectivity index (χ1) is 8.25. The second-order valence-electron chi connectivity index (χ2n) is 3.99. The average Bonchev–Trinajstić information content (AvgIpc) is 2.76. The van der Waals surface area contributed by atoms with Gasteiger partial charge in [0.2, 0.25) is 0 Å². The van der Waals surface area contributed by atoms with Crippen LogP contribution in [0, 0.1) is 6.92 Å². The normalized spacial score (nSPS) is 10.9. The number of nitrogen functional groups attached to an aromatic ring is 1. The number of oxazole rings is 1. The predicted octanol–water partition coefficient (Wildman–Crippen LogP) is 3.39. The third-order valence-electron chi connectivity index (χ3n) is 2.84. The lowest BCUT2D eigenvalue weighted by atomic mass is 10.0. The molecule has 0 fully saturated rings. The molecule has 0 atom stereocenters. The molecular weight excluding hydrogens is 212 g/mol. The lowest BCUT2D eigenvalue weighted by molar-refractivity contribution is 0.535. The zero-order chi connectivity index (χ0) is 11.8. The Kier molecular flexibility index (Phi) is 2.11. The zero-order valence-corrected chi connectivity index (χ0v) is 9.47. The van der Waals surface area contributed by atoms with Gasteiger partial charge in [-0.05, 0) is 11.5 Å². The van der Waals surface area contributed by atoms with Gasteiger partial charge in [0.25, 0.3) is 0 Å². The van der Waals surface area contributed by atoms with E-state index in [9.17, 15) is 0 Å². The fourth-order valence-electron chi connectivity index (χ4n) is 2.04. The first kappa shape index (κ1) is 9.90. The summed E-state index contributed by atoms with van der Waals surface area (Å²) in [7, 11) is 0. The standard InChI is InChI=1S/C14H12N2O/c1-9-16-8-14(17-9)12-6-2-5-11-10(12)4-3-7-13(11)15/h2-8H,15H2,1H3. The highest BCUT2D eigenvalue weighted by Gasteiger charge is 2.08. The molecule has 0 saturated heterocycles. The maximum atomic E-state index is 5.96. The first-order valence-corrected chi connectivity index (χ1v) is 5.46. The minimum Gasteiger partial charge on any atom is -0.441 e. The molecule has 0 aliphatic rings. The molecule has 17 heavy (non-hydrogen) atoms. The van der Waals surface area contributed by atoms with Gasteiger partial charge in [0.15, 0.2) is 11.7 Å². The number of rotatable bonds is 1. The van der Waals surface area contributed by atoms with Crippen molar-refractivity contribution in [2.45, 2.75) is 6.92 Å². The van der Waals surface area contributed by atoms with Crippen molar-refractivity contribution in [1.82, 2.24) is 4.98 Å². The molecule has 0 aliphatic heterocycles. The van der Waals surface area contributed by atoms with Gasteiger partial charge in [0.1, 0.15) is 0 Å². The van der Waals surface area contributed by atoms with E-state index in [1.165, 1.54) is 0 Å². The molecule has 1 heterocycles. The van der Waals surface area contributed by atoms with E-state index in [0.717, 1.165) is 27.8 Å². The number of aryl methyl sites for hydroxylation is 1. The molecule has 0 saturated carbocycles. The Morgan fingerprint density at radius 1 is 1.06 bits per heavy atom. The highest BCUT2D eigenvalue weighted by molar-refractivity contribution is 6.01. The Hall–Kier alpha value is -2.29. The predicted molar refractivity (Wildman–Crippen MR) is 68.6 cm³/mol. The number of nitrogens with two attached hydrogens (primary N) is 1. The number of hydrogen-bond acceptors (Lipinski definition) is 3. The summed E-state index contributed by atoms with van der Waals surface area (Å²) < 4.78 is 5.57. The smallest absolute Gasteiger partial charge is 0.191 e. The van der Waals surface area contributed by atoms with Crippen LogP contribution in [0.1, 0.15) is 5.89 Å². The molecule has 84 valence electrons. The summed E-state index contributed by atoms with van der Waals surface area (Å²) in [6, 6.07) is 11.9. The monoisotopic (exact) mass is 224 g/mol. The summed E-state index contributed by atoms with van der Waals surface area (Å²) in [5.41, 5.74) is 7.76. The minimum absolute atomic E-state index is 0.668. The van der Waals surface area contributed by atoms with Gasteiger partial charge in [-0.15, -0.1) is 0 Å². The first-order valence-electron chi connectivity index (χ1n) is 5.46. The number of benzene rings is 2. The van der Waals surface area contributed by atoms with E-state index in [1.54, 1.807) is 6.20 Å². The summed E-state index contributed by atoms with van der Waals surface area (Å²) >= 11 is 0. The molecule has 0 aliphatic carbocycles. The number of anilines is 1. The van der Waals surface area contributed by atoms with E-state index in [2.05, 4.69) is 4.98 Å². The molecule has 3 aromatic rings. The van der Waals surface area contributed by atoms with Crippen LogP contribution < -0.4 is 5.73 Å². The van der Waals surface area contributed by atoms with Crippen LogP contribution >= 0.6 is 0 Å². The third-order valence-corrected chi connectivity index (χ3v) is 2.84. The topological polar surface area (TPSA) is 52.0 Å². The van der Waals surface area contributed by atoms with Crippen LogP contribution in [0.25, 0.3) is 22.1 Å². The molecule has 3 nitrogen and oxygen atoms in total. The van der Waals surface area contributed by atoms with Gasteiger partial charge >= 0.3 is 0 Å². The van der Waals surface area contributed by atoms with Crippen LogP contribution in [0.5, 0.6) is 0 Å². The lowest BCUT2D eigenvalue weighted by Crippen LogP contribution is -1.87. The van der Waals surface area contributed by atoms with Crippen molar-refractivity contribution in [2.24, 2.45) is 0 Å². The van der Waals surface area contributed by atoms with E-state index in [-0.39, 0.29) is 0 Å². The summed E-state index contributed by atoms with van der Waals surface area (Å²) in [4.78, 5) is 4.12. The second kappa shape index (κ2) is 3.63. The fraction of sp³-hybridized carbons (Fsp3) is 0.0714. The Balaban J connectivity index is 2.34. The molecule has 2 N–H and O–H groups in total. The molecular formula is C14H12N2O. The Bertz CT molecular complexity index is 686. The highest BCUT2D eigenvalue weighted by Crippen LogP contribution is 2.31. The molecule has 0 amide bonds. The van der Waals surface area contributed by atoms with Crippen molar-refractivity contribution in [3.8, 4) is 11.3 Å². The van der Waals surface area contributed by atoms with Crippen LogP contribution in [0.15, 0.2) is 47.0 Å². The second-order valence-corrected chi connectivity index (χ2v) is 3.99. The summed E-state index contributed by atoms with van der Waals surface area (Å²) in [6.07, 6.45) is 1.74. The maximum absolute atomic E-state index is 5.96. The maximum Gasteiger partial charge on any atom is 0.191 e. The Morgan fingerprint density at radius 3 is 2.59 bits per heavy atom. The Morgan fingerprint density at radius 2 is 1.82 bits per heavy atom. The molecule has 3 heteroatoms. The molecule has 0 unspecified atom stereocenters. The SMILES string of the molecule is Cc1ncc(-c2cccc3c(N)cccc23)o1. The summed E-state index contributed by atoms with van der Waals surface area (Å²) in [6.45, 7) is 1.84.